The van der Waals surface area contributed by atoms with Gasteiger partial charge in [0.1, 0.15) is 0 Å². The highest BCUT2D eigenvalue weighted by Crippen LogP contribution is 2.30. The van der Waals surface area contributed by atoms with Crippen molar-refractivity contribution in [2.24, 2.45) is 0 Å². The van der Waals surface area contributed by atoms with E-state index in [1.54, 1.807) is 46.2 Å². The number of thioether (sulfide) groups is 2. The van der Waals surface area contributed by atoms with Crippen LogP contribution in [0.25, 0.3) is 0 Å². The second-order valence-electron chi connectivity index (χ2n) is 3.14. The summed E-state index contributed by atoms with van der Waals surface area (Å²) >= 11 is 6.87. The second-order valence-corrected chi connectivity index (χ2v) is 7.80. The van der Waals surface area contributed by atoms with E-state index in [0.29, 0.717) is 0 Å². The zero-order chi connectivity index (χ0) is 12.1. The van der Waals surface area contributed by atoms with Crippen molar-refractivity contribution >= 4 is 46.2 Å². The zero-order valence-electron chi connectivity index (χ0n) is 9.67. The van der Waals surface area contributed by atoms with Crippen LogP contribution in [0.5, 0.6) is 0 Å². The highest BCUT2D eigenvalue weighted by atomic mass is 32.2. The van der Waals surface area contributed by atoms with Crippen LogP contribution < -0.4 is 0 Å². The molecule has 0 unspecified atom stereocenters. The lowest BCUT2D eigenvalue weighted by Gasteiger charge is -1.91. The van der Waals surface area contributed by atoms with Crippen molar-refractivity contribution in [2.75, 3.05) is 5.75 Å². The summed E-state index contributed by atoms with van der Waals surface area (Å²) < 4.78 is 2.09. The maximum atomic E-state index is 4.54. The SMILES string of the molecule is CCSc1nnc(SCc2csc(CC)n2)s1. The molecule has 0 N–H and O–H groups in total. The first-order chi connectivity index (χ1) is 8.31. The molecule has 2 rings (SSSR count). The summed E-state index contributed by atoms with van der Waals surface area (Å²) in [5.74, 6) is 1.94. The third kappa shape index (κ3) is 3.94. The quantitative estimate of drug-likeness (QED) is 0.755. The summed E-state index contributed by atoms with van der Waals surface area (Å²) in [6.07, 6.45) is 1.02. The molecule has 0 fully saturated rings. The first-order valence-electron chi connectivity index (χ1n) is 5.34. The topological polar surface area (TPSA) is 38.7 Å². The Balaban J connectivity index is 1.88. The van der Waals surface area contributed by atoms with Gasteiger partial charge >= 0.3 is 0 Å². The molecule has 0 aliphatic carbocycles. The van der Waals surface area contributed by atoms with Gasteiger partial charge in [0.05, 0.1) is 10.7 Å². The van der Waals surface area contributed by atoms with Gasteiger partial charge in [-0.05, 0) is 12.2 Å². The normalized spacial score (nSPS) is 10.9. The molecule has 17 heavy (non-hydrogen) atoms. The monoisotopic (exact) mass is 303 g/mol. The summed E-state index contributed by atoms with van der Waals surface area (Å²) in [6, 6.07) is 0. The second kappa shape index (κ2) is 6.72. The van der Waals surface area contributed by atoms with Crippen LogP contribution in [0.4, 0.5) is 0 Å². The zero-order valence-corrected chi connectivity index (χ0v) is 12.9. The molecule has 0 saturated carbocycles. The minimum Gasteiger partial charge on any atom is -0.245 e. The van der Waals surface area contributed by atoms with Crippen LogP contribution in [0.3, 0.4) is 0 Å². The van der Waals surface area contributed by atoms with Gasteiger partial charge in [-0.25, -0.2) is 4.98 Å². The lowest BCUT2D eigenvalue weighted by Crippen LogP contribution is -1.82. The Morgan fingerprint density at radius 1 is 1.18 bits per heavy atom. The van der Waals surface area contributed by atoms with Crippen LogP contribution in [0.1, 0.15) is 24.5 Å². The number of rotatable bonds is 6. The standard InChI is InChI=1S/C10H13N3S4/c1-3-8-11-7(5-15-8)6-16-10-13-12-9(17-10)14-4-2/h5H,3-4,6H2,1-2H3. The summed E-state index contributed by atoms with van der Waals surface area (Å²) in [5, 5.41) is 11.6. The van der Waals surface area contributed by atoms with Gasteiger partial charge in [0.25, 0.3) is 0 Å². The van der Waals surface area contributed by atoms with Crippen LogP contribution in [-0.2, 0) is 12.2 Å². The fourth-order valence-corrected chi connectivity index (χ4v) is 4.81. The molecule has 0 radical (unpaired) electrons. The van der Waals surface area contributed by atoms with Gasteiger partial charge in [-0.2, -0.15) is 0 Å². The average Bonchev–Trinajstić information content (AvgIpc) is 2.95. The smallest absolute Gasteiger partial charge is 0.175 e. The van der Waals surface area contributed by atoms with Crippen molar-refractivity contribution in [3.63, 3.8) is 0 Å². The molecule has 0 aliphatic heterocycles. The predicted molar refractivity (Wildman–Crippen MR) is 77.4 cm³/mol. The van der Waals surface area contributed by atoms with E-state index in [9.17, 15) is 0 Å². The van der Waals surface area contributed by atoms with Crippen LogP contribution in [-0.4, -0.2) is 20.9 Å². The largest absolute Gasteiger partial charge is 0.245 e. The summed E-state index contributed by atoms with van der Waals surface area (Å²) in [7, 11) is 0. The fourth-order valence-electron chi connectivity index (χ4n) is 1.15. The maximum Gasteiger partial charge on any atom is 0.175 e. The Morgan fingerprint density at radius 3 is 2.59 bits per heavy atom. The summed E-state index contributed by atoms with van der Waals surface area (Å²) in [4.78, 5) is 4.54. The molecule has 0 atom stereocenters. The third-order valence-corrected chi connectivity index (χ3v) is 6.05. The minimum atomic E-state index is 0.891. The minimum absolute atomic E-state index is 0.891. The first kappa shape index (κ1) is 13.3. The molecule has 0 aliphatic rings. The Labute approximate surface area is 117 Å². The Bertz CT molecular complexity index is 466. The van der Waals surface area contributed by atoms with Crippen molar-refractivity contribution in [3.8, 4) is 0 Å². The van der Waals surface area contributed by atoms with E-state index in [1.165, 1.54) is 5.01 Å². The van der Waals surface area contributed by atoms with Gasteiger partial charge in [-0.1, -0.05) is 48.7 Å². The van der Waals surface area contributed by atoms with Gasteiger partial charge in [-0.15, -0.1) is 21.5 Å². The van der Waals surface area contributed by atoms with Gasteiger partial charge in [0.15, 0.2) is 8.68 Å². The van der Waals surface area contributed by atoms with Crippen molar-refractivity contribution in [2.45, 2.75) is 34.7 Å². The van der Waals surface area contributed by atoms with Crippen molar-refractivity contribution in [1.29, 1.82) is 0 Å². The van der Waals surface area contributed by atoms with Crippen LogP contribution >= 0.6 is 46.2 Å². The number of aryl methyl sites for hydroxylation is 1. The first-order valence-corrected chi connectivity index (χ1v) is 9.01. The molecule has 0 saturated heterocycles. The molecule has 0 spiro atoms. The highest BCUT2D eigenvalue weighted by molar-refractivity contribution is 8.02. The molecule has 7 heteroatoms. The Hall–Kier alpha value is -0.110. The average molecular weight is 304 g/mol. The van der Waals surface area contributed by atoms with Gasteiger partial charge in [0.2, 0.25) is 0 Å². The molecule has 92 valence electrons. The molecule has 0 aromatic carbocycles. The maximum absolute atomic E-state index is 4.54. The lowest BCUT2D eigenvalue weighted by atomic mass is 10.5. The van der Waals surface area contributed by atoms with E-state index in [-0.39, 0.29) is 0 Å². The Morgan fingerprint density at radius 2 is 1.94 bits per heavy atom. The van der Waals surface area contributed by atoms with Gasteiger partial charge in [0, 0.05) is 11.1 Å². The molecule has 2 aromatic heterocycles. The molecule has 2 heterocycles. The van der Waals surface area contributed by atoms with Gasteiger partial charge < -0.3 is 0 Å². The van der Waals surface area contributed by atoms with Crippen LogP contribution in [0.15, 0.2) is 14.1 Å². The molecular formula is C10H13N3S4. The third-order valence-electron chi connectivity index (χ3n) is 1.90. The van der Waals surface area contributed by atoms with Gasteiger partial charge in [-0.3, -0.25) is 0 Å². The molecule has 2 aromatic rings. The predicted octanol–water partition coefficient (Wildman–Crippen LogP) is 3.96. The summed E-state index contributed by atoms with van der Waals surface area (Å²) in [5.41, 5.74) is 1.15. The number of hydrogen-bond donors (Lipinski definition) is 0. The van der Waals surface area contributed by atoms with Crippen LogP contribution in [0, 0.1) is 0 Å². The van der Waals surface area contributed by atoms with E-state index in [2.05, 4.69) is 34.4 Å². The number of thiazole rings is 1. The fraction of sp³-hybridized carbons (Fsp3) is 0.500. The number of aromatic nitrogens is 3. The van der Waals surface area contributed by atoms with E-state index in [4.69, 9.17) is 0 Å². The Kier molecular flexibility index (Phi) is 5.27. The van der Waals surface area contributed by atoms with Crippen LogP contribution in [0.2, 0.25) is 0 Å². The highest BCUT2D eigenvalue weighted by Gasteiger charge is 2.06. The molecule has 3 nitrogen and oxygen atoms in total. The van der Waals surface area contributed by atoms with Crippen molar-refractivity contribution in [1.82, 2.24) is 15.2 Å². The molecular weight excluding hydrogens is 290 g/mol. The van der Waals surface area contributed by atoms with E-state index < -0.39 is 0 Å². The van der Waals surface area contributed by atoms with E-state index in [1.807, 2.05) is 0 Å². The van der Waals surface area contributed by atoms with Crippen molar-refractivity contribution in [3.05, 3.63) is 16.1 Å². The number of nitrogens with zero attached hydrogens (tertiary/aromatic N) is 3. The number of hydrogen-bond acceptors (Lipinski definition) is 7. The van der Waals surface area contributed by atoms with E-state index in [0.717, 1.165) is 32.3 Å². The summed E-state index contributed by atoms with van der Waals surface area (Å²) in [6.45, 7) is 4.26. The lowest BCUT2D eigenvalue weighted by molar-refractivity contribution is 0.954. The molecule has 0 amide bonds. The molecule has 0 bridgehead atoms. The van der Waals surface area contributed by atoms with Crippen molar-refractivity contribution < 1.29 is 0 Å². The van der Waals surface area contributed by atoms with E-state index >= 15 is 0 Å².